The van der Waals surface area contributed by atoms with Crippen LogP contribution >= 0.6 is 11.8 Å². The molecule has 0 saturated heterocycles. The Labute approximate surface area is 196 Å². The number of aryl methyl sites for hydroxylation is 2. The van der Waals surface area contributed by atoms with Gasteiger partial charge in [-0.15, -0.1) is 22.0 Å². The van der Waals surface area contributed by atoms with E-state index in [-0.39, 0.29) is 29.0 Å². The summed E-state index contributed by atoms with van der Waals surface area (Å²) in [5.41, 5.74) is 2.61. The maximum atomic E-state index is 14.4. The Morgan fingerprint density at radius 1 is 1.00 bits per heavy atom. The maximum absolute atomic E-state index is 14.4. The van der Waals surface area contributed by atoms with Crippen molar-refractivity contribution in [1.29, 1.82) is 0 Å². The molecule has 7 nitrogen and oxygen atoms in total. The Morgan fingerprint density at radius 2 is 1.76 bits per heavy atom. The topological polar surface area (TPSA) is 88.9 Å². The summed E-state index contributed by atoms with van der Waals surface area (Å²) in [6, 6.07) is 12.0. The SMILES string of the molecule is Cc1ccc(NC(=O)CSCC(=O)Nc2cc(-c3nnc4n3CCCCC4)ccc2F)cc1. The molecule has 3 aromatic rings. The molecule has 0 unspecified atom stereocenters. The van der Waals surface area contributed by atoms with Gasteiger partial charge < -0.3 is 15.2 Å². The highest BCUT2D eigenvalue weighted by Gasteiger charge is 2.18. The van der Waals surface area contributed by atoms with Gasteiger partial charge in [-0.25, -0.2) is 4.39 Å². The first kappa shape index (κ1) is 23.0. The second-order valence-corrected chi connectivity index (χ2v) is 9.04. The van der Waals surface area contributed by atoms with E-state index in [4.69, 9.17) is 0 Å². The molecule has 2 N–H and O–H groups in total. The number of benzene rings is 2. The van der Waals surface area contributed by atoms with Gasteiger partial charge in [-0.3, -0.25) is 9.59 Å². The van der Waals surface area contributed by atoms with E-state index in [0.717, 1.165) is 43.6 Å². The molecule has 1 aliphatic heterocycles. The van der Waals surface area contributed by atoms with Crippen molar-refractivity contribution in [2.24, 2.45) is 0 Å². The molecule has 33 heavy (non-hydrogen) atoms. The minimum atomic E-state index is -0.523. The molecule has 2 heterocycles. The molecular weight excluding hydrogens is 441 g/mol. The Kier molecular flexibility index (Phi) is 7.39. The molecule has 172 valence electrons. The standard InChI is InChI=1S/C24H26FN5O2S/c1-16-6-9-18(10-7-16)26-22(31)14-33-15-23(32)27-20-13-17(8-11-19(20)25)24-29-28-21-5-3-2-4-12-30(21)24/h6-11,13H,2-5,12,14-15H2,1H3,(H,26,31)(H,27,32). The molecule has 0 radical (unpaired) electrons. The summed E-state index contributed by atoms with van der Waals surface area (Å²) >= 11 is 1.17. The van der Waals surface area contributed by atoms with E-state index >= 15 is 0 Å². The van der Waals surface area contributed by atoms with Crippen molar-refractivity contribution < 1.29 is 14.0 Å². The fourth-order valence-corrected chi connectivity index (χ4v) is 4.33. The van der Waals surface area contributed by atoms with E-state index in [1.165, 1.54) is 17.8 Å². The van der Waals surface area contributed by atoms with Crippen molar-refractivity contribution in [1.82, 2.24) is 14.8 Å². The summed E-state index contributed by atoms with van der Waals surface area (Å²) in [5, 5.41) is 14.0. The first-order chi connectivity index (χ1) is 16.0. The Morgan fingerprint density at radius 3 is 2.55 bits per heavy atom. The van der Waals surface area contributed by atoms with E-state index < -0.39 is 5.82 Å². The van der Waals surface area contributed by atoms with E-state index in [1.807, 2.05) is 31.2 Å². The minimum absolute atomic E-state index is 0.0331. The van der Waals surface area contributed by atoms with Gasteiger partial charge in [0.15, 0.2) is 5.82 Å². The molecule has 0 saturated carbocycles. The molecule has 9 heteroatoms. The highest BCUT2D eigenvalue weighted by Crippen LogP contribution is 2.26. The number of nitrogens with one attached hydrogen (secondary N) is 2. The summed E-state index contributed by atoms with van der Waals surface area (Å²) in [5.74, 6) is 0.685. The average molecular weight is 468 g/mol. The highest BCUT2D eigenvalue weighted by molar-refractivity contribution is 8.00. The van der Waals surface area contributed by atoms with Crippen LogP contribution in [0.3, 0.4) is 0 Å². The van der Waals surface area contributed by atoms with Crippen molar-refractivity contribution in [3.63, 3.8) is 0 Å². The first-order valence-electron chi connectivity index (χ1n) is 11.0. The van der Waals surface area contributed by atoms with E-state index in [0.29, 0.717) is 17.1 Å². The van der Waals surface area contributed by atoms with Crippen molar-refractivity contribution in [3.05, 3.63) is 59.7 Å². The van der Waals surface area contributed by atoms with Gasteiger partial charge in [0.05, 0.1) is 17.2 Å². The number of amides is 2. The quantitative estimate of drug-likeness (QED) is 0.537. The zero-order valence-electron chi connectivity index (χ0n) is 18.4. The number of carbonyl (C=O) groups is 2. The number of nitrogens with zero attached hydrogens (tertiary/aromatic N) is 3. The molecule has 0 spiro atoms. The number of hydrogen-bond donors (Lipinski definition) is 2. The molecule has 0 atom stereocenters. The number of rotatable bonds is 7. The van der Waals surface area contributed by atoms with Crippen LogP contribution in [0.25, 0.3) is 11.4 Å². The lowest BCUT2D eigenvalue weighted by Crippen LogP contribution is -2.19. The van der Waals surface area contributed by atoms with Gasteiger partial charge in [0.1, 0.15) is 11.6 Å². The first-order valence-corrected chi connectivity index (χ1v) is 12.1. The normalized spacial score (nSPS) is 13.2. The monoisotopic (exact) mass is 467 g/mol. The third-order valence-corrected chi connectivity index (χ3v) is 6.34. The van der Waals surface area contributed by atoms with Gasteiger partial charge in [0, 0.05) is 24.2 Å². The predicted molar refractivity (Wildman–Crippen MR) is 129 cm³/mol. The van der Waals surface area contributed by atoms with Crippen LogP contribution in [0.4, 0.5) is 15.8 Å². The second-order valence-electron chi connectivity index (χ2n) is 8.05. The molecule has 2 aromatic carbocycles. The fraction of sp³-hybridized carbons (Fsp3) is 0.333. The van der Waals surface area contributed by atoms with Crippen LogP contribution in [-0.4, -0.2) is 38.1 Å². The molecule has 1 aromatic heterocycles. The highest BCUT2D eigenvalue weighted by atomic mass is 32.2. The largest absolute Gasteiger partial charge is 0.325 e. The smallest absolute Gasteiger partial charge is 0.234 e. The van der Waals surface area contributed by atoms with E-state index in [1.54, 1.807) is 12.1 Å². The average Bonchev–Trinajstić information content (AvgIpc) is 3.05. The molecule has 0 fully saturated rings. The van der Waals surface area contributed by atoms with Crippen LogP contribution < -0.4 is 10.6 Å². The Bertz CT molecular complexity index is 1150. The number of hydrogen-bond acceptors (Lipinski definition) is 5. The number of aromatic nitrogens is 3. The van der Waals surface area contributed by atoms with Crippen LogP contribution in [-0.2, 0) is 22.6 Å². The van der Waals surface area contributed by atoms with Gasteiger partial charge in [-0.1, -0.05) is 24.1 Å². The van der Waals surface area contributed by atoms with Crippen LogP contribution in [0.5, 0.6) is 0 Å². The van der Waals surface area contributed by atoms with E-state index in [9.17, 15) is 14.0 Å². The second kappa shape index (κ2) is 10.6. The zero-order valence-corrected chi connectivity index (χ0v) is 19.3. The fourth-order valence-electron chi connectivity index (χ4n) is 3.72. The van der Waals surface area contributed by atoms with Gasteiger partial charge >= 0.3 is 0 Å². The van der Waals surface area contributed by atoms with Crippen LogP contribution in [0.2, 0.25) is 0 Å². The van der Waals surface area contributed by atoms with Crippen LogP contribution in [0, 0.1) is 12.7 Å². The Balaban J connectivity index is 1.33. The maximum Gasteiger partial charge on any atom is 0.234 e. The van der Waals surface area contributed by atoms with Crippen molar-refractivity contribution in [2.45, 2.75) is 39.2 Å². The van der Waals surface area contributed by atoms with Crippen molar-refractivity contribution >= 4 is 35.0 Å². The summed E-state index contributed by atoms with van der Waals surface area (Å²) < 4.78 is 16.4. The number of anilines is 2. The van der Waals surface area contributed by atoms with Crippen molar-refractivity contribution in [3.8, 4) is 11.4 Å². The summed E-state index contributed by atoms with van der Waals surface area (Å²) in [7, 11) is 0. The number of carbonyl (C=O) groups excluding carboxylic acids is 2. The Hall–Kier alpha value is -3.20. The molecule has 0 aliphatic carbocycles. The number of thioether (sulfide) groups is 1. The molecule has 1 aliphatic rings. The molecule has 2 amide bonds. The lowest BCUT2D eigenvalue weighted by molar-refractivity contribution is -0.114. The predicted octanol–water partition coefficient (Wildman–Crippen LogP) is 4.43. The van der Waals surface area contributed by atoms with Gasteiger partial charge in [-0.05, 0) is 50.1 Å². The van der Waals surface area contributed by atoms with Gasteiger partial charge in [0.25, 0.3) is 0 Å². The summed E-state index contributed by atoms with van der Waals surface area (Å²) in [6.07, 6.45) is 4.17. The summed E-state index contributed by atoms with van der Waals surface area (Å²) in [4.78, 5) is 24.4. The van der Waals surface area contributed by atoms with E-state index in [2.05, 4.69) is 25.4 Å². The minimum Gasteiger partial charge on any atom is -0.325 e. The third kappa shape index (κ3) is 5.98. The number of fused-ring (bicyclic) bond motifs is 1. The third-order valence-electron chi connectivity index (χ3n) is 5.41. The molecule has 0 bridgehead atoms. The van der Waals surface area contributed by atoms with Crippen molar-refractivity contribution in [2.75, 3.05) is 22.1 Å². The zero-order chi connectivity index (χ0) is 23.2. The van der Waals surface area contributed by atoms with Gasteiger partial charge in [0.2, 0.25) is 11.8 Å². The lowest BCUT2D eigenvalue weighted by Gasteiger charge is -2.10. The van der Waals surface area contributed by atoms with Crippen LogP contribution in [0.15, 0.2) is 42.5 Å². The van der Waals surface area contributed by atoms with Crippen LogP contribution in [0.1, 0.15) is 30.7 Å². The number of halogens is 1. The lowest BCUT2D eigenvalue weighted by atomic mass is 10.1. The summed E-state index contributed by atoms with van der Waals surface area (Å²) in [6.45, 7) is 2.80. The van der Waals surface area contributed by atoms with Gasteiger partial charge in [-0.2, -0.15) is 0 Å². The molecule has 4 rings (SSSR count). The molecular formula is C24H26FN5O2S.